The molecule has 1 aromatic heterocycles. The van der Waals surface area contributed by atoms with Crippen LogP contribution < -0.4 is 10.1 Å². The van der Waals surface area contributed by atoms with Crippen LogP contribution in [0.15, 0.2) is 48.5 Å². The summed E-state index contributed by atoms with van der Waals surface area (Å²) in [5.74, 6) is 0.592. The molecule has 0 spiro atoms. The number of hydrogen-bond donors (Lipinski definition) is 1. The fraction of sp³-hybridized carbons (Fsp3) is 0.150. The van der Waals surface area contributed by atoms with E-state index in [0.717, 1.165) is 11.1 Å². The van der Waals surface area contributed by atoms with Gasteiger partial charge >= 0.3 is 6.01 Å². The van der Waals surface area contributed by atoms with Crippen LogP contribution in [0.25, 0.3) is 11.3 Å². The van der Waals surface area contributed by atoms with Gasteiger partial charge in [0.1, 0.15) is 5.82 Å². The van der Waals surface area contributed by atoms with Crippen LogP contribution in [0.5, 0.6) is 6.01 Å². The van der Waals surface area contributed by atoms with Crippen LogP contribution in [0, 0.1) is 0 Å². The fourth-order valence-corrected chi connectivity index (χ4v) is 3.23. The maximum atomic E-state index is 11.4. The molecule has 1 heterocycles. The molecule has 0 amide bonds. The van der Waals surface area contributed by atoms with Crippen LogP contribution in [0.3, 0.4) is 0 Å². The van der Waals surface area contributed by atoms with Crippen LogP contribution in [0.4, 0.5) is 5.82 Å². The van der Waals surface area contributed by atoms with E-state index in [1.165, 1.54) is 7.11 Å². The SMILES string of the molecule is COc1nc(NCCc2ccc(Cl)cc2Cl)cc(-c2cccc(C(=O)Cl)c2)n1. The standard InChI is InChI=1S/C20H16Cl3N3O2/c1-28-20-25-17(13-3-2-4-14(9-13)19(23)27)11-18(26-20)24-8-7-12-5-6-15(21)10-16(12)22/h2-6,9-11H,7-8H2,1H3,(H,24,25,26). The lowest BCUT2D eigenvalue weighted by atomic mass is 10.1. The van der Waals surface area contributed by atoms with Gasteiger partial charge in [-0.2, -0.15) is 9.97 Å². The van der Waals surface area contributed by atoms with E-state index in [4.69, 9.17) is 39.5 Å². The monoisotopic (exact) mass is 435 g/mol. The number of nitrogens with one attached hydrogen (secondary N) is 1. The summed E-state index contributed by atoms with van der Waals surface area (Å²) in [4.78, 5) is 20.1. The van der Waals surface area contributed by atoms with Crippen LogP contribution in [0.1, 0.15) is 15.9 Å². The second-order valence-electron chi connectivity index (χ2n) is 5.89. The lowest BCUT2D eigenvalue weighted by Gasteiger charge is -2.10. The molecule has 0 radical (unpaired) electrons. The lowest BCUT2D eigenvalue weighted by Crippen LogP contribution is -2.08. The third-order valence-corrected chi connectivity index (χ3v) is 4.79. The molecule has 0 saturated heterocycles. The Morgan fingerprint density at radius 1 is 1.11 bits per heavy atom. The van der Waals surface area contributed by atoms with Gasteiger partial charge in [-0.3, -0.25) is 4.79 Å². The molecule has 0 saturated carbocycles. The van der Waals surface area contributed by atoms with Gasteiger partial charge < -0.3 is 10.1 Å². The van der Waals surface area contributed by atoms with E-state index in [9.17, 15) is 4.79 Å². The number of halogens is 3. The largest absolute Gasteiger partial charge is 0.467 e. The van der Waals surface area contributed by atoms with Crippen molar-refractivity contribution in [3.8, 4) is 17.3 Å². The summed E-state index contributed by atoms with van der Waals surface area (Å²) in [5, 5.41) is 3.94. The Hall–Kier alpha value is -2.34. The number of anilines is 1. The number of methoxy groups -OCH3 is 1. The van der Waals surface area contributed by atoms with E-state index >= 15 is 0 Å². The van der Waals surface area contributed by atoms with Crippen LogP contribution >= 0.6 is 34.8 Å². The maximum absolute atomic E-state index is 11.4. The zero-order valence-electron chi connectivity index (χ0n) is 14.9. The van der Waals surface area contributed by atoms with Gasteiger partial charge in [-0.25, -0.2) is 0 Å². The van der Waals surface area contributed by atoms with Gasteiger partial charge in [0.05, 0.1) is 12.8 Å². The smallest absolute Gasteiger partial charge is 0.318 e. The Bertz CT molecular complexity index is 1010. The molecule has 0 aliphatic carbocycles. The highest BCUT2D eigenvalue weighted by Gasteiger charge is 2.10. The molecule has 2 aromatic carbocycles. The quantitative estimate of drug-likeness (QED) is 0.496. The minimum absolute atomic E-state index is 0.215. The molecule has 28 heavy (non-hydrogen) atoms. The average molecular weight is 437 g/mol. The average Bonchev–Trinajstić information content (AvgIpc) is 2.69. The van der Waals surface area contributed by atoms with Crippen molar-refractivity contribution in [3.05, 3.63) is 69.7 Å². The van der Waals surface area contributed by atoms with Crippen molar-refractivity contribution < 1.29 is 9.53 Å². The summed E-state index contributed by atoms with van der Waals surface area (Å²) in [6, 6.07) is 14.3. The molecule has 0 aliphatic rings. The first kappa shape index (κ1) is 20.4. The first-order valence-corrected chi connectivity index (χ1v) is 9.51. The van der Waals surface area contributed by atoms with Gasteiger partial charge in [-0.05, 0) is 41.8 Å². The number of carbonyl (C=O) groups excluding carboxylic acids is 1. The summed E-state index contributed by atoms with van der Waals surface area (Å²) in [6.07, 6.45) is 0.688. The second kappa shape index (κ2) is 9.24. The van der Waals surface area contributed by atoms with Gasteiger partial charge in [-0.15, -0.1) is 0 Å². The molecule has 0 fully saturated rings. The molecular weight excluding hydrogens is 421 g/mol. The molecule has 5 nitrogen and oxygen atoms in total. The van der Waals surface area contributed by atoms with Crippen molar-refractivity contribution in [3.63, 3.8) is 0 Å². The van der Waals surface area contributed by atoms with Gasteiger partial charge in [0.2, 0.25) is 0 Å². The van der Waals surface area contributed by atoms with Gasteiger partial charge in [-0.1, -0.05) is 47.5 Å². The highest BCUT2D eigenvalue weighted by Crippen LogP contribution is 2.25. The summed E-state index contributed by atoms with van der Waals surface area (Å²) < 4.78 is 5.20. The molecule has 0 aliphatic heterocycles. The van der Waals surface area contributed by atoms with Crippen LogP contribution in [-0.4, -0.2) is 28.9 Å². The van der Waals surface area contributed by atoms with Crippen LogP contribution in [-0.2, 0) is 6.42 Å². The number of carbonyl (C=O) groups is 1. The topological polar surface area (TPSA) is 64.1 Å². The first-order chi connectivity index (χ1) is 13.5. The number of hydrogen-bond acceptors (Lipinski definition) is 5. The number of ether oxygens (including phenoxy) is 1. The normalized spacial score (nSPS) is 10.6. The Kier molecular flexibility index (Phi) is 6.73. The molecular formula is C20H16Cl3N3O2. The van der Waals surface area contributed by atoms with E-state index in [1.807, 2.05) is 12.1 Å². The third-order valence-electron chi connectivity index (χ3n) is 3.99. The van der Waals surface area contributed by atoms with Crippen molar-refractivity contribution in [2.45, 2.75) is 6.42 Å². The zero-order chi connectivity index (χ0) is 20.1. The van der Waals surface area contributed by atoms with Crippen molar-refractivity contribution in [1.82, 2.24) is 9.97 Å². The van der Waals surface area contributed by atoms with Gasteiger partial charge in [0, 0.05) is 33.8 Å². The number of rotatable bonds is 7. The van der Waals surface area contributed by atoms with E-state index in [1.54, 1.807) is 36.4 Å². The summed E-state index contributed by atoms with van der Waals surface area (Å²) in [7, 11) is 1.50. The van der Waals surface area contributed by atoms with Gasteiger partial charge in [0.25, 0.3) is 5.24 Å². The summed E-state index contributed by atoms with van der Waals surface area (Å²) in [5.41, 5.74) is 2.71. The number of aromatic nitrogens is 2. The highest BCUT2D eigenvalue weighted by molar-refractivity contribution is 6.67. The predicted octanol–water partition coefficient (Wildman–Crippen LogP) is 5.49. The number of nitrogens with zero attached hydrogens (tertiary/aromatic N) is 2. The molecule has 144 valence electrons. The van der Waals surface area contributed by atoms with Crippen molar-refractivity contribution in [2.24, 2.45) is 0 Å². The molecule has 8 heteroatoms. The van der Waals surface area contributed by atoms with Gasteiger partial charge in [0.15, 0.2) is 0 Å². The van der Waals surface area contributed by atoms with E-state index in [-0.39, 0.29) is 6.01 Å². The highest BCUT2D eigenvalue weighted by atomic mass is 35.5. The third kappa shape index (κ3) is 5.13. The Balaban J connectivity index is 1.79. The minimum Gasteiger partial charge on any atom is -0.467 e. The molecule has 3 aromatic rings. The minimum atomic E-state index is -0.527. The zero-order valence-corrected chi connectivity index (χ0v) is 17.1. The number of benzene rings is 2. The maximum Gasteiger partial charge on any atom is 0.318 e. The molecule has 3 rings (SSSR count). The first-order valence-electron chi connectivity index (χ1n) is 8.37. The Labute approximate surface area is 177 Å². The van der Waals surface area contributed by atoms with E-state index in [2.05, 4.69) is 15.3 Å². The summed E-state index contributed by atoms with van der Waals surface area (Å²) >= 11 is 17.7. The predicted molar refractivity (Wildman–Crippen MR) is 113 cm³/mol. The van der Waals surface area contributed by atoms with E-state index in [0.29, 0.717) is 40.1 Å². The molecule has 0 unspecified atom stereocenters. The molecule has 1 N–H and O–H groups in total. The second-order valence-corrected chi connectivity index (χ2v) is 7.08. The summed E-state index contributed by atoms with van der Waals surface area (Å²) in [6.45, 7) is 0.598. The van der Waals surface area contributed by atoms with Crippen molar-refractivity contribution in [1.29, 1.82) is 0 Å². The molecule has 0 bridgehead atoms. The van der Waals surface area contributed by atoms with Crippen LogP contribution in [0.2, 0.25) is 10.0 Å². The van der Waals surface area contributed by atoms with E-state index < -0.39 is 5.24 Å². The Morgan fingerprint density at radius 2 is 1.93 bits per heavy atom. The van der Waals surface area contributed by atoms with Crippen molar-refractivity contribution in [2.75, 3.05) is 19.0 Å². The molecule has 0 atom stereocenters. The van der Waals surface area contributed by atoms with Crippen molar-refractivity contribution >= 4 is 45.9 Å². The Morgan fingerprint density at radius 3 is 2.64 bits per heavy atom. The lowest BCUT2D eigenvalue weighted by molar-refractivity contribution is 0.108. The fourth-order valence-electron chi connectivity index (χ4n) is 2.61.